The van der Waals surface area contributed by atoms with E-state index in [0.717, 1.165) is 0 Å². The first-order valence-electron chi connectivity index (χ1n) is 3.91. The minimum atomic E-state index is -0.664. The van der Waals surface area contributed by atoms with Gasteiger partial charge < -0.3 is 4.74 Å². The third-order valence-electron chi connectivity index (χ3n) is 1.46. The molecule has 68 valence electrons. The van der Waals surface area contributed by atoms with Crippen LogP contribution in [0, 0.1) is 5.92 Å². The molecule has 0 fully saturated rings. The van der Waals surface area contributed by atoms with E-state index < -0.39 is 11.9 Å². The molecule has 1 atom stereocenters. The zero-order chi connectivity index (χ0) is 9.56. The van der Waals surface area contributed by atoms with Crippen LogP contribution in [0.1, 0.15) is 20.3 Å². The van der Waals surface area contributed by atoms with E-state index in [-0.39, 0.29) is 5.78 Å². The Balaban J connectivity index is 4.18. The summed E-state index contributed by atoms with van der Waals surface area (Å²) in [6, 6.07) is 0. The third kappa shape index (κ3) is 3.32. The number of hydrogen-bond donors (Lipinski definition) is 0. The van der Waals surface area contributed by atoms with Crippen LogP contribution in [0.2, 0.25) is 0 Å². The molecule has 0 radical (unpaired) electrons. The van der Waals surface area contributed by atoms with E-state index in [0.29, 0.717) is 13.0 Å². The summed E-state index contributed by atoms with van der Waals surface area (Å²) in [7, 11) is 0. The summed E-state index contributed by atoms with van der Waals surface area (Å²) in [6.45, 7) is 6.86. The second-order valence-corrected chi connectivity index (χ2v) is 2.44. The van der Waals surface area contributed by atoms with E-state index in [1.807, 2.05) is 0 Å². The average Bonchev–Trinajstić information content (AvgIpc) is 1.99. The molecule has 0 aliphatic heterocycles. The van der Waals surface area contributed by atoms with Crippen molar-refractivity contribution < 1.29 is 14.3 Å². The Morgan fingerprint density at radius 1 is 1.58 bits per heavy atom. The molecule has 0 spiro atoms. The number of ether oxygens (including phenoxy) is 1. The van der Waals surface area contributed by atoms with E-state index >= 15 is 0 Å². The predicted molar refractivity (Wildman–Crippen MR) is 45.6 cm³/mol. The summed E-state index contributed by atoms with van der Waals surface area (Å²) in [5, 5.41) is 0. The number of allylic oxidation sites excluding steroid dienone is 1. The second kappa shape index (κ2) is 5.52. The molecule has 0 amide bonds. The molecule has 0 aromatic carbocycles. The number of carbonyl (C=O) groups is 2. The highest BCUT2D eigenvalue weighted by Gasteiger charge is 2.22. The van der Waals surface area contributed by atoms with Gasteiger partial charge in [-0.3, -0.25) is 9.59 Å². The van der Waals surface area contributed by atoms with Crippen LogP contribution in [0.3, 0.4) is 0 Å². The summed E-state index contributed by atoms with van der Waals surface area (Å²) >= 11 is 0. The van der Waals surface area contributed by atoms with Crippen molar-refractivity contribution in [2.45, 2.75) is 20.3 Å². The molecule has 0 aromatic rings. The van der Waals surface area contributed by atoms with Gasteiger partial charge in [0, 0.05) is 0 Å². The zero-order valence-electron chi connectivity index (χ0n) is 7.50. The third-order valence-corrected chi connectivity index (χ3v) is 1.46. The van der Waals surface area contributed by atoms with Crippen molar-refractivity contribution in [3.8, 4) is 0 Å². The highest BCUT2D eigenvalue weighted by atomic mass is 16.5. The lowest BCUT2D eigenvalue weighted by Crippen LogP contribution is -2.23. The van der Waals surface area contributed by atoms with Gasteiger partial charge in [-0.25, -0.2) is 0 Å². The molecule has 0 aliphatic carbocycles. The van der Waals surface area contributed by atoms with Crippen LogP contribution in [-0.2, 0) is 14.3 Å². The van der Waals surface area contributed by atoms with Gasteiger partial charge in [-0.05, 0) is 20.3 Å². The van der Waals surface area contributed by atoms with E-state index in [1.165, 1.54) is 6.92 Å². The maximum absolute atomic E-state index is 11.1. The molecule has 0 rings (SSSR count). The second-order valence-electron chi connectivity index (χ2n) is 2.44. The minimum absolute atomic E-state index is 0.173. The Kier molecular flexibility index (Phi) is 5.00. The summed E-state index contributed by atoms with van der Waals surface area (Å²) < 4.78 is 4.71. The zero-order valence-corrected chi connectivity index (χ0v) is 7.50. The Morgan fingerprint density at radius 3 is 2.50 bits per heavy atom. The van der Waals surface area contributed by atoms with Crippen LogP contribution in [0.5, 0.6) is 0 Å². The molecule has 0 heterocycles. The molecular weight excluding hydrogens is 156 g/mol. The molecule has 3 nitrogen and oxygen atoms in total. The topological polar surface area (TPSA) is 43.4 Å². The lowest BCUT2D eigenvalue weighted by molar-refractivity contribution is -0.150. The van der Waals surface area contributed by atoms with Crippen LogP contribution in [0.4, 0.5) is 0 Å². The average molecular weight is 170 g/mol. The Bertz CT molecular complexity index is 184. The molecule has 0 aromatic heterocycles. The van der Waals surface area contributed by atoms with Gasteiger partial charge in [-0.15, -0.1) is 6.58 Å². The Labute approximate surface area is 72.4 Å². The van der Waals surface area contributed by atoms with Crippen LogP contribution >= 0.6 is 0 Å². The van der Waals surface area contributed by atoms with Crippen LogP contribution in [-0.4, -0.2) is 18.4 Å². The number of Topliss-reactive ketones (excluding diaryl/α,β-unsaturated/α-hetero) is 1. The standard InChI is InChI=1S/C9H14O3/c1-4-6-8(7(3)10)9(11)12-5-2/h4,8H,1,5-6H2,2-3H3/t8-/m1/s1. The van der Waals surface area contributed by atoms with Crippen molar-refractivity contribution in [1.29, 1.82) is 0 Å². The number of ketones is 1. The maximum Gasteiger partial charge on any atom is 0.316 e. The fourth-order valence-electron chi connectivity index (χ4n) is 0.838. The van der Waals surface area contributed by atoms with Crippen molar-refractivity contribution >= 4 is 11.8 Å². The fourth-order valence-corrected chi connectivity index (χ4v) is 0.838. The Morgan fingerprint density at radius 2 is 2.17 bits per heavy atom. The van der Waals surface area contributed by atoms with Gasteiger partial charge >= 0.3 is 5.97 Å². The quantitative estimate of drug-likeness (QED) is 0.355. The van der Waals surface area contributed by atoms with Crippen molar-refractivity contribution in [2.24, 2.45) is 5.92 Å². The monoisotopic (exact) mass is 170 g/mol. The highest BCUT2D eigenvalue weighted by molar-refractivity contribution is 5.97. The highest BCUT2D eigenvalue weighted by Crippen LogP contribution is 2.07. The van der Waals surface area contributed by atoms with Gasteiger partial charge in [-0.1, -0.05) is 6.08 Å². The van der Waals surface area contributed by atoms with Crippen molar-refractivity contribution in [3.63, 3.8) is 0 Å². The van der Waals surface area contributed by atoms with Gasteiger partial charge in [-0.2, -0.15) is 0 Å². The molecule has 0 bridgehead atoms. The van der Waals surface area contributed by atoms with E-state index in [4.69, 9.17) is 4.74 Å². The summed E-state index contributed by atoms with van der Waals surface area (Å²) in [6.07, 6.45) is 1.90. The number of carbonyl (C=O) groups excluding carboxylic acids is 2. The van der Waals surface area contributed by atoms with E-state index in [9.17, 15) is 9.59 Å². The normalized spacial score (nSPS) is 11.8. The molecule has 0 aliphatic rings. The van der Waals surface area contributed by atoms with Gasteiger partial charge in [0.2, 0.25) is 0 Å². The molecule has 0 N–H and O–H groups in total. The minimum Gasteiger partial charge on any atom is -0.465 e. The molecular formula is C9H14O3. The molecule has 12 heavy (non-hydrogen) atoms. The van der Waals surface area contributed by atoms with Crippen LogP contribution in [0.15, 0.2) is 12.7 Å². The van der Waals surface area contributed by atoms with Gasteiger partial charge in [0.25, 0.3) is 0 Å². The first kappa shape index (κ1) is 10.9. The van der Waals surface area contributed by atoms with Gasteiger partial charge in [0.05, 0.1) is 6.61 Å². The predicted octanol–water partition coefficient (Wildman–Crippen LogP) is 1.33. The summed E-state index contributed by atoms with van der Waals surface area (Å²) in [4.78, 5) is 22.0. The molecule has 0 saturated carbocycles. The summed E-state index contributed by atoms with van der Waals surface area (Å²) in [5.41, 5.74) is 0. The SMILES string of the molecule is C=CC[C@H](C(C)=O)C(=O)OCC. The summed E-state index contributed by atoms with van der Waals surface area (Å²) in [5.74, 6) is -1.29. The van der Waals surface area contributed by atoms with Gasteiger partial charge in [0.1, 0.15) is 11.7 Å². The lowest BCUT2D eigenvalue weighted by Gasteiger charge is -2.09. The number of rotatable bonds is 5. The molecule has 0 saturated heterocycles. The van der Waals surface area contributed by atoms with Crippen molar-refractivity contribution in [3.05, 3.63) is 12.7 Å². The first-order valence-corrected chi connectivity index (χ1v) is 3.91. The van der Waals surface area contributed by atoms with Gasteiger partial charge in [0.15, 0.2) is 0 Å². The molecule has 3 heteroatoms. The smallest absolute Gasteiger partial charge is 0.316 e. The lowest BCUT2D eigenvalue weighted by atomic mass is 10.0. The fraction of sp³-hybridized carbons (Fsp3) is 0.556. The van der Waals surface area contributed by atoms with Crippen LogP contribution in [0.25, 0.3) is 0 Å². The maximum atomic E-state index is 11.1. The first-order chi connectivity index (χ1) is 5.63. The van der Waals surface area contributed by atoms with E-state index in [2.05, 4.69) is 6.58 Å². The van der Waals surface area contributed by atoms with Crippen molar-refractivity contribution in [2.75, 3.05) is 6.61 Å². The van der Waals surface area contributed by atoms with Crippen molar-refractivity contribution in [1.82, 2.24) is 0 Å². The molecule has 0 unspecified atom stereocenters. The largest absolute Gasteiger partial charge is 0.465 e. The van der Waals surface area contributed by atoms with E-state index in [1.54, 1.807) is 13.0 Å². The van der Waals surface area contributed by atoms with Crippen LogP contribution < -0.4 is 0 Å². The Hall–Kier alpha value is -1.12. The number of esters is 1. The number of hydrogen-bond acceptors (Lipinski definition) is 3.